The maximum absolute atomic E-state index is 12.1. The van der Waals surface area contributed by atoms with Crippen LogP contribution in [0.1, 0.15) is 57.3 Å². The second-order valence-electron chi connectivity index (χ2n) is 5.51. The Bertz CT molecular complexity index is 382. The molecule has 1 aliphatic carbocycles. The Morgan fingerprint density at radius 2 is 2.21 bits per heavy atom. The number of rotatable bonds is 5. The second kappa shape index (κ2) is 6.75. The van der Waals surface area contributed by atoms with Crippen molar-refractivity contribution in [1.29, 1.82) is 0 Å². The van der Waals surface area contributed by atoms with Crippen molar-refractivity contribution in [2.75, 3.05) is 0 Å². The van der Waals surface area contributed by atoms with Crippen molar-refractivity contribution in [2.24, 2.45) is 5.92 Å². The van der Waals surface area contributed by atoms with Crippen LogP contribution in [0, 0.1) is 5.92 Å². The Labute approximate surface area is 114 Å². The molecule has 4 nitrogen and oxygen atoms in total. The lowest BCUT2D eigenvalue weighted by molar-refractivity contribution is -0.126. The van der Waals surface area contributed by atoms with Crippen molar-refractivity contribution in [1.82, 2.24) is 5.32 Å². The molecule has 4 heteroatoms. The number of amides is 1. The van der Waals surface area contributed by atoms with Crippen LogP contribution < -0.4 is 5.32 Å². The monoisotopic (exact) mass is 265 g/mol. The van der Waals surface area contributed by atoms with Gasteiger partial charge in [-0.15, -0.1) is 0 Å². The number of nitrogens with one attached hydrogen (secondary N) is 1. The summed E-state index contributed by atoms with van der Waals surface area (Å²) in [4.78, 5) is 12.1. The highest BCUT2D eigenvalue weighted by Crippen LogP contribution is 2.24. The molecule has 0 aliphatic heterocycles. The van der Waals surface area contributed by atoms with Crippen LogP contribution in [0.5, 0.6) is 0 Å². The molecule has 1 aromatic heterocycles. The third-order valence-electron chi connectivity index (χ3n) is 3.81. The first-order valence-corrected chi connectivity index (χ1v) is 7.18. The summed E-state index contributed by atoms with van der Waals surface area (Å²) < 4.78 is 5.15. The lowest BCUT2D eigenvalue weighted by Gasteiger charge is -2.24. The molecule has 2 rings (SSSR count). The molecule has 1 amide bonds. The molecule has 1 saturated carbocycles. The van der Waals surface area contributed by atoms with Gasteiger partial charge in [0.1, 0.15) is 11.9 Å². The number of hydrogen-bond acceptors (Lipinski definition) is 3. The van der Waals surface area contributed by atoms with Crippen molar-refractivity contribution >= 4 is 5.91 Å². The molecular weight excluding hydrogens is 242 g/mol. The molecule has 0 saturated heterocycles. The standard InChI is InChI=1S/C15H23NO3/c1-11(10-13(17)14-8-5-9-19-14)16-15(18)12-6-3-2-4-7-12/h5,8-9,11-13,17H,2-4,6-7,10H2,1H3,(H,16,18). The zero-order chi connectivity index (χ0) is 13.7. The Morgan fingerprint density at radius 1 is 1.47 bits per heavy atom. The predicted octanol–water partition coefficient (Wildman–Crippen LogP) is 2.79. The average molecular weight is 265 g/mol. The highest BCUT2D eigenvalue weighted by molar-refractivity contribution is 5.78. The van der Waals surface area contributed by atoms with Gasteiger partial charge in [-0.25, -0.2) is 0 Å². The Morgan fingerprint density at radius 3 is 2.84 bits per heavy atom. The molecule has 1 fully saturated rings. The van der Waals surface area contributed by atoms with E-state index >= 15 is 0 Å². The normalized spacial score (nSPS) is 19.9. The highest BCUT2D eigenvalue weighted by atomic mass is 16.4. The third-order valence-corrected chi connectivity index (χ3v) is 3.81. The molecule has 106 valence electrons. The van der Waals surface area contributed by atoms with Crippen molar-refractivity contribution in [3.63, 3.8) is 0 Å². The molecule has 1 heterocycles. The first kappa shape index (κ1) is 14.1. The van der Waals surface area contributed by atoms with Gasteiger partial charge in [-0.2, -0.15) is 0 Å². The first-order valence-electron chi connectivity index (χ1n) is 7.18. The Kier molecular flexibility index (Phi) is 5.02. The van der Waals surface area contributed by atoms with E-state index < -0.39 is 6.10 Å². The minimum absolute atomic E-state index is 0.0467. The number of aliphatic hydroxyl groups is 1. The van der Waals surface area contributed by atoms with E-state index in [9.17, 15) is 9.90 Å². The van der Waals surface area contributed by atoms with Gasteiger partial charge < -0.3 is 14.8 Å². The van der Waals surface area contributed by atoms with Crippen LogP contribution in [-0.4, -0.2) is 17.1 Å². The number of carbonyl (C=O) groups is 1. The van der Waals surface area contributed by atoms with Gasteiger partial charge in [0.25, 0.3) is 0 Å². The van der Waals surface area contributed by atoms with Crippen molar-refractivity contribution in [2.45, 2.75) is 57.6 Å². The van der Waals surface area contributed by atoms with E-state index in [0.29, 0.717) is 12.2 Å². The van der Waals surface area contributed by atoms with Crippen LogP contribution in [0.15, 0.2) is 22.8 Å². The van der Waals surface area contributed by atoms with Crippen LogP contribution >= 0.6 is 0 Å². The summed E-state index contributed by atoms with van der Waals surface area (Å²) in [6.07, 6.45) is 6.92. The molecule has 0 aromatic carbocycles. The number of hydrogen-bond donors (Lipinski definition) is 2. The van der Waals surface area contributed by atoms with Gasteiger partial charge >= 0.3 is 0 Å². The quantitative estimate of drug-likeness (QED) is 0.860. The largest absolute Gasteiger partial charge is 0.467 e. The summed E-state index contributed by atoms with van der Waals surface area (Å²) in [6, 6.07) is 3.46. The van der Waals surface area contributed by atoms with Crippen molar-refractivity contribution in [3.8, 4) is 0 Å². The minimum Gasteiger partial charge on any atom is -0.467 e. The number of carbonyl (C=O) groups excluding carboxylic acids is 1. The smallest absolute Gasteiger partial charge is 0.223 e. The van der Waals surface area contributed by atoms with Crippen molar-refractivity contribution < 1.29 is 14.3 Å². The second-order valence-corrected chi connectivity index (χ2v) is 5.51. The van der Waals surface area contributed by atoms with Crippen LogP contribution in [0.25, 0.3) is 0 Å². The van der Waals surface area contributed by atoms with Crippen LogP contribution in [0.4, 0.5) is 0 Å². The van der Waals surface area contributed by atoms with Crippen molar-refractivity contribution in [3.05, 3.63) is 24.2 Å². The van der Waals surface area contributed by atoms with Gasteiger partial charge in [0.2, 0.25) is 5.91 Å². The molecule has 2 unspecified atom stereocenters. The number of furan rings is 1. The maximum Gasteiger partial charge on any atom is 0.223 e. The Balaban J connectivity index is 1.77. The minimum atomic E-state index is -0.656. The molecule has 1 aromatic rings. The first-order chi connectivity index (χ1) is 9.16. The summed E-state index contributed by atoms with van der Waals surface area (Å²) in [5.41, 5.74) is 0. The topological polar surface area (TPSA) is 62.5 Å². The summed E-state index contributed by atoms with van der Waals surface area (Å²) in [6.45, 7) is 1.92. The average Bonchev–Trinajstić information content (AvgIpc) is 2.93. The van der Waals surface area contributed by atoms with Gasteiger partial charge in [-0.1, -0.05) is 19.3 Å². The maximum atomic E-state index is 12.1. The fourth-order valence-corrected chi connectivity index (χ4v) is 2.72. The summed E-state index contributed by atoms with van der Waals surface area (Å²) in [7, 11) is 0. The van der Waals surface area contributed by atoms with E-state index in [4.69, 9.17) is 4.42 Å². The van der Waals surface area contributed by atoms with Gasteiger partial charge in [-0.3, -0.25) is 4.79 Å². The molecule has 0 radical (unpaired) electrons. The number of aliphatic hydroxyl groups excluding tert-OH is 1. The van der Waals surface area contributed by atoms with Gasteiger partial charge in [0, 0.05) is 18.4 Å². The van der Waals surface area contributed by atoms with Gasteiger partial charge in [0.15, 0.2) is 0 Å². The SMILES string of the molecule is CC(CC(O)c1ccco1)NC(=O)C1CCCCC1. The molecular formula is C15H23NO3. The zero-order valence-electron chi connectivity index (χ0n) is 11.5. The summed E-state index contributed by atoms with van der Waals surface area (Å²) >= 11 is 0. The summed E-state index contributed by atoms with van der Waals surface area (Å²) in [5.74, 6) is 0.856. The van der Waals surface area contributed by atoms with E-state index in [0.717, 1.165) is 25.7 Å². The van der Waals surface area contributed by atoms with E-state index in [-0.39, 0.29) is 17.9 Å². The molecule has 19 heavy (non-hydrogen) atoms. The molecule has 2 N–H and O–H groups in total. The van der Waals surface area contributed by atoms with Gasteiger partial charge in [-0.05, 0) is 31.9 Å². The third kappa shape index (κ3) is 4.10. The molecule has 1 aliphatic rings. The fourth-order valence-electron chi connectivity index (χ4n) is 2.72. The van der Waals surface area contributed by atoms with Crippen LogP contribution in [0.2, 0.25) is 0 Å². The Hall–Kier alpha value is -1.29. The molecule has 0 bridgehead atoms. The van der Waals surface area contributed by atoms with E-state index in [1.165, 1.54) is 6.42 Å². The molecule has 2 atom stereocenters. The molecule has 0 spiro atoms. The van der Waals surface area contributed by atoms with E-state index in [1.807, 2.05) is 6.92 Å². The van der Waals surface area contributed by atoms with Gasteiger partial charge in [0.05, 0.1) is 6.26 Å². The zero-order valence-corrected chi connectivity index (χ0v) is 11.5. The summed E-state index contributed by atoms with van der Waals surface area (Å²) in [5, 5.41) is 13.0. The van der Waals surface area contributed by atoms with Crippen LogP contribution in [0.3, 0.4) is 0 Å². The predicted molar refractivity (Wildman–Crippen MR) is 72.5 cm³/mol. The highest BCUT2D eigenvalue weighted by Gasteiger charge is 2.23. The van der Waals surface area contributed by atoms with Crippen LogP contribution in [-0.2, 0) is 4.79 Å². The fraction of sp³-hybridized carbons (Fsp3) is 0.667. The van der Waals surface area contributed by atoms with E-state index in [1.54, 1.807) is 18.4 Å². The lowest BCUT2D eigenvalue weighted by Crippen LogP contribution is -2.38. The van der Waals surface area contributed by atoms with E-state index in [2.05, 4.69) is 5.32 Å². The lowest BCUT2D eigenvalue weighted by atomic mass is 9.88.